The number of benzene rings is 2. The molecule has 0 bridgehead atoms. The largest absolute Gasteiger partial charge is 0.479 e. The third-order valence-electron chi connectivity index (χ3n) is 4.09. The van der Waals surface area contributed by atoms with Crippen LogP contribution < -0.4 is 10.2 Å². The lowest BCUT2D eigenvalue weighted by atomic mass is 10.1. The maximum atomic E-state index is 12.8. The number of hydrogen-bond donors (Lipinski definition) is 0. The standard InChI is InChI=1S/C21H19ClO6/c1-13(21(24)26-10-9-25-2)28-14-7-8-16-19(11-14)27-12-17(20(16)23)15-5-3-4-6-18(15)22/h3-8,11-13H,9-10H2,1-2H3. The number of rotatable bonds is 7. The Kier molecular flexibility index (Phi) is 6.34. The Morgan fingerprint density at radius 2 is 1.93 bits per heavy atom. The molecule has 3 rings (SSSR count). The third kappa shape index (κ3) is 4.35. The van der Waals surface area contributed by atoms with Crippen molar-refractivity contribution in [1.29, 1.82) is 0 Å². The first-order chi connectivity index (χ1) is 13.5. The van der Waals surface area contributed by atoms with Crippen LogP contribution in [-0.4, -0.2) is 32.4 Å². The van der Waals surface area contributed by atoms with Gasteiger partial charge in [0.15, 0.2) is 6.10 Å². The summed E-state index contributed by atoms with van der Waals surface area (Å²) < 4.78 is 21.1. The lowest BCUT2D eigenvalue weighted by molar-refractivity contribution is -0.152. The maximum absolute atomic E-state index is 12.8. The Balaban J connectivity index is 1.83. The molecule has 6 nitrogen and oxygen atoms in total. The molecule has 0 aliphatic carbocycles. The average Bonchev–Trinajstić information content (AvgIpc) is 2.69. The summed E-state index contributed by atoms with van der Waals surface area (Å²) in [5, 5.41) is 0.856. The summed E-state index contributed by atoms with van der Waals surface area (Å²) in [4.78, 5) is 24.7. The van der Waals surface area contributed by atoms with Crippen LogP contribution >= 0.6 is 11.6 Å². The van der Waals surface area contributed by atoms with Gasteiger partial charge in [-0.15, -0.1) is 0 Å². The van der Waals surface area contributed by atoms with E-state index in [1.807, 2.05) is 0 Å². The number of methoxy groups -OCH3 is 1. The van der Waals surface area contributed by atoms with Crippen molar-refractivity contribution in [2.24, 2.45) is 0 Å². The molecule has 146 valence electrons. The second-order valence-corrected chi connectivity index (χ2v) is 6.44. The normalized spacial score (nSPS) is 12.0. The molecule has 0 saturated heterocycles. The molecule has 0 fully saturated rings. The topological polar surface area (TPSA) is 75.0 Å². The molecular formula is C21H19ClO6. The molecule has 0 saturated carbocycles. The lowest BCUT2D eigenvalue weighted by Crippen LogP contribution is -2.27. The first kappa shape index (κ1) is 19.9. The SMILES string of the molecule is COCCOC(=O)C(C)Oc1ccc2c(=O)c(-c3ccccc3Cl)coc2c1. The molecule has 0 amide bonds. The predicted molar refractivity (Wildman–Crippen MR) is 106 cm³/mol. The Bertz CT molecular complexity index is 1040. The third-order valence-corrected chi connectivity index (χ3v) is 4.42. The van der Waals surface area contributed by atoms with Crippen molar-refractivity contribution >= 4 is 28.5 Å². The maximum Gasteiger partial charge on any atom is 0.347 e. The molecule has 2 aromatic carbocycles. The molecule has 28 heavy (non-hydrogen) atoms. The summed E-state index contributed by atoms with van der Waals surface area (Å²) in [6, 6.07) is 11.8. The molecule has 1 atom stereocenters. The molecule has 0 spiro atoms. The van der Waals surface area contributed by atoms with Gasteiger partial charge in [-0.3, -0.25) is 4.79 Å². The summed E-state index contributed by atoms with van der Waals surface area (Å²) in [6.07, 6.45) is 0.557. The number of carbonyl (C=O) groups excluding carboxylic acids is 1. The average molecular weight is 403 g/mol. The second-order valence-electron chi connectivity index (χ2n) is 6.04. The molecule has 0 aliphatic rings. The number of hydrogen-bond acceptors (Lipinski definition) is 6. The molecule has 3 aromatic rings. The number of carbonyl (C=O) groups is 1. The summed E-state index contributed by atoms with van der Waals surface area (Å²) in [5.41, 5.74) is 1.13. The Morgan fingerprint density at radius 3 is 2.68 bits per heavy atom. The number of halogens is 1. The zero-order valence-electron chi connectivity index (χ0n) is 15.4. The molecule has 1 aromatic heterocycles. The van der Waals surface area contributed by atoms with Crippen molar-refractivity contribution in [2.45, 2.75) is 13.0 Å². The van der Waals surface area contributed by atoms with Crippen LogP contribution in [0, 0.1) is 0 Å². The number of esters is 1. The van der Waals surface area contributed by atoms with Crippen molar-refractivity contribution in [3.05, 3.63) is 64.0 Å². The molecule has 1 unspecified atom stereocenters. The number of fused-ring (bicyclic) bond motifs is 1. The molecule has 1 heterocycles. The van der Waals surface area contributed by atoms with Gasteiger partial charge in [-0.2, -0.15) is 0 Å². The summed E-state index contributed by atoms with van der Waals surface area (Å²) >= 11 is 6.19. The van der Waals surface area contributed by atoms with Gasteiger partial charge in [0.1, 0.15) is 24.2 Å². The van der Waals surface area contributed by atoms with E-state index in [9.17, 15) is 9.59 Å². The number of ether oxygens (including phenoxy) is 3. The predicted octanol–water partition coefficient (Wildman–Crippen LogP) is 4.07. The van der Waals surface area contributed by atoms with Gasteiger partial charge in [0.25, 0.3) is 0 Å². The highest BCUT2D eigenvalue weighted by Crippen LogP contribution is 2.28. The van der Waals surface area contributed by atoms with Crippen molar-refractivity contribution in [3.63, 3.8) is 0 Å². The highest BCUT2D eigenvalue weighted by molar-refractivity contribution is 6.33. The molecule has 0 N–H and O–H groups in total. The second kappa shape index (κ2) is 8.91. The molecular weight excluding hydrogens is 384 g/mol. The van der Waals surface area contributed by atoms with Crippen LogP contribution in [0.25, 0.3) is 22.1 Å². The van der Waals surface area contributed by atoms with Gasteiger partial charge in [-0.1, -0.05) is 29.8 Å². The van der Waals surface area contributed by atoms with E-state index in [1.165, 1.54) is 13.4 Å². The zero-order valence-corrected chi connectivity index (χ0v) is 16.2. The van der Waals surface area contributed by atoms with Crippen molar-refractivity contribution in [2.75, 3.05) is 20.3 Å². The quantitative estimate of drug-likeness (QED) is 0.438. The summed E-state index contributed by atoms with van der Waals surface area (Å²) in [7, 11) is 1.52. The van der Waals surface area contributed by atoms with E-state index >= 15 is 0 Å². The minimum atomic E-state index is -0.816. The minimum absolute atomic E-state index is 0.153. The van der Waals surface area contributed by atoms with Crippen LogP contribution in [0.4, 0.5) is 0 Å². The Morgan fingerprint density at radius 1 is 1.14 bits per heavy atom. The lowest BCUT2D eigenvalue weighted by Gasteiger charge is -2.14. The fraction of sp³-hybridized carbons (Fsp3) is 0.238. The summed E-state index contributed by atoms with van der Waals surface area (Å²) in [5.74, 6) is -0.120. The van der Waals surface area contributed by atoms with Crippen molar-refractivity contribution in [3.8, 4) is 16.9 Å². The monoisotopic (exact) mass is 402 g/mol. The zero-order chi connectivity index (χ0) is 20.1. The van der Waals surface area contributed by atoms with E-state index in [2.05, 4.69) is 0 Å². The Hall–Kier alpha value is -2.83. The van der Waals surface area contributed by atoms with Crippen LogP contribution in [0.3, 0.4) is 0 Å². The first-order valence-corrected chi connectivity index (χ1v) is 9.01. The molecule has 0 aliphatic heterocycles. The fourth-order valence-electron chi connectivity index (χ4n) is 2.64. The molecule has 0 radical (unpaired) electrons. The van der Waals surface area contributed by atoms with Gasteiger partial charge in [-0.05, 0) is 25.1 Å². The van der Waals surface area contributed by atoms with E-state index in [4.69, 9.17) is 30.2 Å². The van der Waals surface area contributed by atoms with Gasteiger partial charge in [-0.25, -0.2) is 4.79 Å². The van der Waals surface area contributed by atoms with Crippen LogP contribution in [0.2, 0.25) is 5.02 Å². The highest BCUT2D eigenvalue weighted by atomic mass is 35.5. The van der Waals surface area contributed by atoms with Gasteiger partial charge in [0.05, 0.1) is 17.6 Å². The van der Waals surface area contributed by atoms with Crippen LogP contribution in [0.1, 0.15) is 6.92 Å². The van der Waals surface area contributed by atoms with Gasteiger partial charge in [0.2, 0.25) is 5.43 Å². The smallest absolute Gasteiger partial charge is 0.347 e. The summed E-state index contributed by atoms with van der Waals surface area (Å²) in [6.45, 7) is 2.05. The van der Waals surface area contributed by atoms with Gasteiger partial charge in [0, 0.05) is 23.8 Å². The van der Waals surface area contributed by atoms with E-state index in [1.54, 1.807) is 49.4 Å². The van der Waals surface area contributed by atoms with Crippen molar-refractivity contribution < 1.29 is 23.4 Å². The van der Waals surface area contributed by atoms with Crippen LogP contribution in [0.15, 0.2) is 57.9 Å². The van der Waals surface area contributed by atoms with Gasteiger partial charge >= 0.3 is 5.97 Å². The fourth-order valence-corrected chi connectivity index (χ4v) is 2.88. The van der Waals surface area contributed by atoms with E-state index in [0.29, 0.717) is 39.5 Å². The van der Waals surface area contributed by atoms with Gasteiger partial charge < -0.3 is 18.6 Å². The molecule has 7 heteroatoms. The van der Waals surface area contributed by atoms with Crippen LogP contribution in [0.5, 0.6) is 5.75 Å². The Labute approximate surface area is 166 Å². The van der Waals surface area contributed by atoms with E-state index in [-0.39, 0.29) is 12.0 Å². The first-order valence-electron chi connectivity index (χ1n) is 8.64. The minimum Gasteiger partial charge on any atom is -0.479 e. The van der Waals surface area contributed by atoms with E-state index < -0.39 is 12.1 Å². The van der Waals surface area contributed by atoms with E-state index in [0.717, 1.165) is 0 Å². The highest BCUT2D eigenvalue weighted by Gasteiger charge is 2.17. The van der Waals surface area contributed by atoms with Crippen LogP contribution in [-0.2, 0) is 14.3 Å². The van der Waals surface area contributed by atoms with Crippen molar-refractivity contribution in [1.82, 2.24) is 0 Å².